The number of nitrogens with two attached hydrogens (primary N) is 1. The molecule has 1 aromatic rings. The third kappa shape index (κ3) is 3.30. The number of likely N-dealkylation sites (tertiary alicyclic amines) is 1. The summed E-state index contributed by atoms with van der Waals surface area (Å²) in [5.41, 5.74) is 5.71. The lowest BCUT2D eigenvalue weighted by molar-refractivity contribution is 0.227. The van der Waals surface area contributed by atoms with Crippen molar-refractivity contribution in [1.82, 2.24) is 4.90 Å². The Morgan fingerprint density at radius 2 is 2.35 bits per heavy atom. The van der Waals surface area contributed by atoms with Gasteiger partial charge in [0.05, 0.1) is 11.1 Å². The molecule has 0 amide bonds. The number of amidine groups is 1. The van der Waals surface area contributed by atoms with Gasteiger partial charge in [-0.15, -0.1) is 0 Å². The predicted octanol–water partition coefficient (Wildman–Crippen LogP) is 2.74. The van der Waals surface area contributed by atoms with Crippen LogP contribution in [0.15, 0.2) is 16.6 Å². The van der Waals surface area contributed by atoms with Gasteiger partial charge >= 0.3 is 0 Å². The first-order valence-electron chi connectivity index (χ1n) is 6.66. The van der Waals surface area contributed by atoms with E-state index in [-0.39, 0.29) is 16.1 Å². The van der Waals surface area contributed by atoms with Crippen LogP contribution in [0.5, 0.6) is 5.75 Å². The van der Waals surface area contributed by atoms with Crippen molar-refractivity contribution in [3.8, 4) is 5.75 Å². The highest BCUT2D eigenvalue weighted by atomic mass is 79.9. The SMILES string of the molecule is CN1CCCC1CCOc1ccc(C(=N)N)c(Br)c1F. The Bertz CT molecular complexity index is 509. The highest BCUT2D eigenvalue weighted by Crippen LogP contribution is 2.29. The molecule has 0 spiro atoms. The Kier molecular flexibility index (Phi) is 4.99. The van der Waals surface area contributed by atoms with E-state index in [1.165, 1.54) is 18.9 Å². The number of benzene rings is 1. The van der Waals surface area contributed by atoms with Crippen LogP contribution in [0.3, 0.4) is 0 Å². The minimum Gasteiger partial charge on any atom is -0.490 e. The molecule has 1 aliphatic rings. The topological polar surface area (TPSA) is 62.3 Å². The summed E-state index contributed by atoms with van der Waals surface area (Å²) in [6.07, 6.45) is 3.28. The summed E-state index contributed by atoms with van der Waals surface area (Å²) in [6.45, 7) is 1.61. The van der Waals surface area contributed by atoms with Gasteiger partial charge in [0.25, 0.3) is 0 Å². The van der Waals surface area contributed by atoms with Crippen molar-refractivity contribution in [2.45, 2.75) is 25.3 Å². The number of hydrogen-bond acceptors (Lipinski definition) is 3. The zero-order valence-corrected chi connectivity index (χ0v) is 13.0. The van der Waals surface area contributed by atoms with Gasteiger partial charge in [-0.3, -0.25) is 5.41 Å². The number of nitrogens with zero attached hydrogens (tertiary/aromatic N) is 1. The largest absolute Gasteiger partial charge is 0.490 e. The minimum atomic E-state index is -0.502. The molecule has 0 radical (unpaired) electrons. The minimum absolute atomic E-state index is 0.171. The second-order valence-corrected chi connectivity index (χ2v) is 5.86. The molecule has 3 N–H and O–H groups in total. The molecule has 6 heteroatoms. The lowest BCUT2D eigenvalue weighted by Crippen LogP contribution is -2.26. The van der Waals surface area contributed by atoms with Crippen LogP contribution in [-0.2, 0) is 0 Å². The molecule has 0 bridgehead atoms. The Morgan fingerprint density at radius 1 is 1.60 bits per heavy atom. The zero-order valence-electron chi connectivity index (χ0n) is 11.5. The van der Waals surface area contributed by atoms with E-state index in [1.807, 2.05) is 0 Å². The van der Waals surface area contributed by atoms with E-state index in [4.69, 9.17) is 15.9 Å². The molecule has 4 nitrogen and oxygen atoms in total. The van der Waals surface area contributed by atoms with E-state index in [2.05, 4.69) is 27.9 Å². The highest BCUT2D eigenvalue weighted by molar-refractivity contribution is 9.10. The number of ether oxygens (including phenoxy) is 1. The fraction of sp³-hybridized carbons (Fsp3) is 0.500. The zero-order chi connectivity index (χ0) is 14.7. The van der Waals surface area contributed by atoms with Gasteiger partial charge < -0.3 is 15.4 Å². The van der Waals surface area contributed by atoms with Crippen LogP contribution >= 0.6 is 15.9 Å². The van der Waals surface area contributed by atoms with Gasteiger partial charge in [-0.05, 0) is 60.9 Å². The van der Waals surface area contributed by atoms with Gasteiger partial charge in [0.1, 0.15) is 5.84 Å². The molecular weight excluding hydrogens is 325 g/mol. The molecule has 20 heavy (non-hydrogen) atoms. The summed E-state index contributed by atoms with van der Waals surface area (Å²) in [7, 11) is 2.11. The van der Waals surface area contributed by atoms with Gasteiger partial charge in [-0.2, -0.15) is 0 Å². The average Bonchev–Trinajstić information content (AvgIpc) is 2.80. The van der Waals surface area contributed by atoms with Gasteiger partial charge in [0, 0.05) is 11.6 Å². The van der Waals surface area contributed by atoms with Crippen LogP contribution in [0.1, 0.15) is 24.8 Å². The fourth-order valence-electron chi connectivity index (χ4n) is 2.50. The normalized spacial score (nSPS) is 19.2. The molecule has 2 rings (SSSR count). The Hall–Kier alpha value is -1.14. The molecule has 0 saturated carbocycles. The molecule has 1 fully saturated rings. The quantitative estimate of drug-likeness (QED) is 0.638. The van der Waals surface area contributed by atoms with Crippen LogP contribution in [0.4, 0.5) is 4.39 Å². The molecule has 1 aliphatic heterocycles. The van der Waals surface area contributed by atoms with Crippen molar-refractivity contribution in [2.24, 2.45) is 5.73 Å². The van der Waals surface area contributed by atoms with Crippen molar-refractivity contribution in [3.05, 3.63) is 28.0 Å². The Balaban J connectivity index is 1.96. The second kappa shape index (κ2) is 6.54. The summed E-state index contributed by atoms with van der Waals surface area (Å²) in [5, 5.41) is 7.35. The van der Waals surface area contributed by atoms with Gasteiger partial charge in [0.15, 0.2) is 11.6 Å². The molecule has 0 aromatic heterocycles. The third-order valence-electron chi connectivity index (χ3n) is 3.72. The fourth-order valence-corrected chi connectivity index (χ4v) is 3.04. The average molecular weight is 344 g/mol. The smallest absolute Gasteiger partial charge is 0.179 e. The summed E-state index contributed by atoms with van der Waals surface area (Å²) in [6, 6.07) is 3.64. The molecule has 1 atom stereocenters. The monoisotopic (exact) mass is 343 g/mol. The first kappa shape index (κ1) is 15.3. The van der Waals surface area contributed by atoms with E-state index >= 15 is 0 Å². The van der Waals surface area contributed by atoms with E-state index in [0.717, 1.165) is 13.0 Å². The first-order chi connectivity index (χ1) is 9.50. The Morgan fingerprint density at radius 3 is 2.95 bits per heavy atom. The number of nitrogen functional groups attached to an aromatic ring is 1. The summed E-state index contributed by atoms with van der Waals surface area (Å²) >= 11 is 3.12. The van der Waals surface area contributed by atoms with Crippen molar-refractivity contribution in [1.29, 1.82) is 5.41 Å². The maximum absolute atomic E-state index is 14.1. The number of halogens is 2. The van der Waals surface area contributed by atoms with Gasteiger partial charge in [-0.25, -0.2) is 4.39 Å². The van der Waals surface area contributed by atoms with Crippen LogP contribution in [0.2, 0.25) is 0 Å². The van der Waals surface area contributed by atoms with Crippen LogP contribution in [0, 0.1) is 11.2 Å². The van der Waals surface area contributed by atoms with Crippen LogP contribution in [-0.4, -0.2) is 37.0 Å². The number of nitrogens with one attached hydrogen (secondary N) is 1. The van der Waals surface area contributed by atoms with Crippen molar-refractivity contribution in [2.75, 3.05) is 20.2 Å². The number of rotatable bonds is 5. The van der Waals surface area contributed by atoms with Crippen LogP contribution < -0.4 is 10.5 Å². The van der Waals surface area contributed by atoms with E-state index < -0.39 is 5.82 Å². The van der Waals surface area contributed by atoms with Crippen molar-refractivity contribution >= 4 is 21.8 Å². The molecule has 1 saturated heterocycles. The Labute approximate surface area is 126 Å². The molecule has 1 aromatic carbocycles. The summed E-state index contributed by atoms with van der Waals surface area (Å²) in [5.74, 6) is -0.477. The van der Waals surface area contributed by atoms with Crippen molar-refractivity contribution < 1.29 is 9.13 Å². The summed E-state index contributed by atoms with van der Waals surface area (Å²) in [4.78, 5) is 2.31. The maximum Gasteiger partial charge on any atom is 0.179 e. The molecule has 1 unspecified atom stereocenters. The van der Waals surface area contributed by atoms with Crippen LogP contribution in [0.25, 0.3) is 0 Å². The standard InChI is InChI=1S/C14H19BrFN3O/c1-19-7-2-3-9(19)6-8-20-11-5-4-10(14(17)18)12(15)13(11)16/h4-5,9H,2-3,6-8H2,1H3,(H3,17,18). The van der Waals surface area contributed by atoms with Gasteiger partial charge in [0.2, 0.25) is 0 Å². The van der Waals surface area contributed by atoms with Gasteiger partial charge in [-0.1, -0.05) is 0 Å². The van der Waals surface area contributed by atoms with Crippen molar-refractivity contribution in [3.63, 3.8) is 0 Å². The number of hydrogen-bond donors (Lipinski definition) is 2. The maximum atomic E-state index is 14.1. The molecular formula is C14H19BrFN3O. The predicted molar refractivity (Wildman–Crippen MR) is 80.9 cm³/mol. The second-order valence-electron chi connectivity index (χ2n) is 5.07. The lowest BCUT2D eigenvalue weighted by Gasteiger charge is -2.19. The van der Waals surface area contributed by atoms with E-state index in [9.17, 15) is 4.39 Å². The summed E-state index contributed by atoms with van der Waals surface area (Å²) < 4.78 is 19.8. The lowest BCUT2D eigenvalue weighted by atomic mass is 10.1. The highest BCUT2D eigenvalue weighted by Gasteiger charge is 2.21. The molecule has 1 heterocycles. The van der Waals surface area contributed by atoms with E-state index in [0.29, 0.717) is 18.2 Å². The van der Waals surface area contributed by atoms with E-state index in [1.54, 1.807) is 6.07 Å². The molecule has 110 valence electrons. The third-order valence-corrected chi connectivity index (χ3v) is 4.49. The first-order valence-corrected chi connectivity index (χ1v) is 7.45. The molecule has 0 aliphatic carbocycles.